The minimum atomic E-state index is 0.119. The quantitative estimate of drug-likeness (QED) is 0.144. The molecule has 0 aliphatic carbocycles. The highest BCUT2D eigenvalue weighted by atomic mass is 35.5. The minimum Gasteiger partial charge on any atom is -0.391 e. The molecule has 47 heavy (non-hydrogen) atoms. The standard InChI is InChI=1S/2C13H13ClOS.C12H11ClOS/c2*1-15-9-13-11(5-6-16-13)7-10-3-2-4-12(14)8-10;13-11-3-1-2-9(7-11)6-10-4-5-15-12(10)8-14/h2*2-6,8H,7,9H2,1H3;1-5,7,14H,6,8H2. The third-order valence-corrected chi connectivity index (χ3v) is 10.6. The molecular weight excluding hydrogens is 707 g/mol. The first-order valence-electron chi connectivity index (χ1n) is 14.9. The Kier molecular flexibility index (Phi) is 16.0. The van der Waals surface area contributed by atoms with Crippen molar-refractivity contribution in [2.45, 2.75) is 39.1 Å². The van der Waals surface area contributed by atoms with Gasteiger partial charge in [0.25, 0.3) is 0 Å². The van der Waals surface area contributed by atoms with Crippen LogP contribution in [0.25, 0.3) is 0 Å². The van der Waals surface area contributed by atoms with E-state index in [4.69, 9.17) is 49.4 Å². The Hall–Kier alpha value is -2.49. The Balaban J connectivity index is 0.000000160. The van der Waals surface area contributed by atoms with Crippen molar-refractivity contribution in [1.29, 1.82) is 0 Å². The van der Waals surface area contributed by atoms with E-state index >= 15 is 0 Å². The number of halogens is 3. The van der Waals surface area contributed by atoms with Crippen LogP contribution in [-0.4, -0.2) is 19.3 Å². The van der Waals surface area contributed by atoms with E-state index < -0.39 is 0 Å². The summed E-state index contributed by atoms with van der Waals surface area (Å²) in [6.45, 7) is 1.49. The lowest BCUT2D eigenvalue weighted by Gasteiger charge is -2.03. The van der Waals surface area contributed by atoms with Gasteiger partial charge < -0.3 is 14.6 Å². The fraction of sp³-hybridized carbons (Fsp3) is 0.211. The summed E-state index contributed by atoms with van der Waals surface area (Å²) >= 11 is 22.9. The van der Waals surface area contributed by atoms with Gasteiger partial charge in [-0.3, -0.25) is 0 Å². The molecule has 6 aromatic rings. The molecule has 0 amide bonds. The molecule has 0 spiro atoms. The van der Waals surface area contributed by atoms with Crippen LogP contribution in [-0.2, 0) is 48.6 Å². The van der Waals surface area contributed by atoms with Crippen LogP contribution in [0, 0.1) is 0 Å². The first kappa shape index (κ1) is 37.3. The molecule has 0 fully saturated rings. The lowest BCUT2D eigenvalue weighted by atomic mass is 10.1. The van der Waals surface area contributed by atoms with Gasteiger partial charge in [0.1, 0.15) is 0 Å². The lowest BCUT2D eigenvalue weighted by molar-refractivity contribution is 0.187. The average Bonchev–Trinajstić information content (AvgIpc) is 3.81. The monoisotopic (exact) mass is 742 g/mol. The van der Waals surface area contributed by atoms with E-state index in [-0.39, 0.29) is 6.61 Å². The predicted molar refractivity (Wildman–Crippen MR) is 203 cm³/mol. The second-order valence-corrected chi connectivity index (χ2v) is 14.9. The van der Waals surface area contributed by atoms with Gasteiger partial charge >= 0.3 is 0 Å². The third-order valence-electron chi connectivity index (χ3n) is 7.06. The molecule has 0 aliphatic rings. The molecule has 246 valence electrons. The summed E-state index contributed by atoms with van der Waals surface area (Å²) in [5, 5.41) is 17.7. The van der Waals surface area contributed by atoms with E-state index in [1.54, 1.807) is 48.2 Å². The molecule has 9 heteroatoms. The van der Waals surface area contributed by atoms with Crippen molar-refractivity contribution in [2.75, 3.05) is 14.2 Å². The Labute approximate surface area is 305 Å². The maximum Gasteiger partial charge on any atom is 0.0808 e. The fourth-order valence-corrected chi connectivity index (χ4v) is 7.98. The minimum absolute atomic E-state index is 0.119. The van der Waals surface area contributed by atoms with Gasteiger partial charge in [0.2, 0.25) is 0 Å². The summed E-state index contributed by atoms with van der Waals surface area (Å²) in [6.07, 6.45) is 2.67. The average molecular weight is 744 g/mol. The number of ether oxygens (including phenoxy) is 2. The zero-order chi connectivity index (χ0) is 33.4. The first-order chi connectivity index (χ1) is 22.9. The highest BCUT2D eigenvalue weighted by Gasteiger charge is 2.07. The van der Waals surface area contributed by atoms with Crippen molar-refractivity contribution in [3.05, 3.63) is 170 Å². The molecule has 0 saturated heterocycles. The van der Waals surface area contributed by atoms with Crippen molar-refractivity contribution in [3.63, 3.8) is 0 Å². The van der Waals surface area contributed by atoms with E-state index in [1.807, 2.05) is 66.0 Å². The van der Waals surface area contributed by atoms with Crippen molar-refractivity contribution in [1.82, 2.24) is 0 Å². The van der Waals surface area contributed by atoms with Gasteiger partial charge in [0, 0.05) is 43.9 Å². The highest BCUT2D eigenvalue weighted by Crippen LogP contribution is 2.24. The number of rotatable bonds is 11. The number of thiophene rings is 3. The van der Waals surface area contributed by atoms with Gasteiger partial charge in [-0.2, -0.15) is 0 Å². The molecule has 1 N–H and O–H groups in total. The molecule has 0 aliphatic heterocycles. The molecule has 3 aromatic carbocycles. The summed E-state index contributed by atoms with van der Waals surface area (Å²) in [5.41, 5.74) is 7.50. The molecule has 0 bridgehead atoms. The SMILES string of the molecule is COCc1sccc1Cc1cccc(Cl)c1.COCc1sccc1Cc1cccc(Cl)c1.OCc1sccc1Cc1cccc(Cl)c1. The summed E-state index contributed by atoms with van der Waals surface area (Å²) in [4.78, 5) is 3.62. The Morgan fingerprint density at radius 1 is 0.511 bits per heavy atom. The normalized spacial score (nSPS) is 10.6. The number of methoxy groups -OCH3 is 2. The van der Waals surface area contributed by atoms with Gasteiger partial charge in [-0.05, 0) is 123 Å². The van der Waals surface area contributed by atoms with E-state index in [9.17, 15) is 0 Å². The van der Waals surface area contributed by atoms with Crippen LogP contribution in [0.5, 0.6) is 0 Å². The fourth-order valence-electron chi connectivity index (χ4n) is 4.83. The van der Waals surface area contributed by atoms with Gasteiger partial charge in [-0.25, -0.2) is 0 Å². The summed E-state index contributed by atoms with van der Waals surface area (Å²) in [6, 6.07) is 30.2. The number of hydrogen-bond donors (Lipinski definition) is 1. The van der Waals surface area contributed by atoms with Crippen molar-refractivity contribution in [3.8, 4) is 0 Å². The lowest BCUT2D eigenvalue weighted by Crippen LogP contribution is -1.92. The maximum absolute atomic E-state index is 9.12. The molecule has 0 saturated carbocycles. The van der Waals surface area contributed by atoms with Crippen LogP contribution < -0.4 is 0 Å². The smallest absolute Gasteiger partial charge is 0.0808 e. The molecule has 3 aromatic heterocycles. The van der Waals surface area contributed by atoms with Gasteiger partial charge in [0.15, 0.2) is 0 Å². The van der Waals surface area contributed by atoms with Crippen LogP contribution in [0.4, 0.5) is 0 Å². The second kappa shape index (κ2) is 20.1. The summed E-state index contributed by atoms with van der Waals surface area (Å²) < 4.78 is 10.3. The topological polar surface area (TPSA) is 38.7 Å². The van der Waals surface area contributed by atoms with Crippen molar-refractivity contribution < 1.29 is 14.6 Å². The molecule has 0 unspecified atom stereocenters. The van der Waals surface area contributed by atoms with Gasteiger partial charge in [-0.1, -0.05) is 71.2 Å². The highest BCUT2D eigenvalue weighted by molar-refractivity contribution is 7.10. The zero-order valence-electron chi connectivity index (χ0n) is 26.3. The third kappa shape index (κ3) is 12.5. The predicted octanol–water partition coefficient (Wildman–Crippen LogP) is 11.8. The van der Waals surface area contributed by atoms with Crippen LogP contribution in [0.2, 0.25) is 15.1 Å². The van der Waals surface area contributed by atoms with Gasteiger partial charge in [0.05, 0.1) is 19.8 Å². The Morgan fingerprint density at radius 3 is 1.17 bits per heavy atom. The number of hydrogen-bond acceptors (Lipinski definition) is 6. The molecule has 0 radical (unpaired) electrons. The molecule has 0 atom stereocenters. The van der Waals surface area contributed by atoms with Crippen LogP contribution >= 0.6 is 68.8 Å². The van der Waals surface area contributed by atoms with E-state index in [0.717, 1.165) is 39.2 Å². The van der Waals surface area contributed by atoms with Crippen LogP contribution in [0.3, 0.4) is 0 Å². The van der Waals surface area contributed by atoms with Crippen molar-refractivity contribution >= 4 is 68.8 Å². The van der Waals surface area contributed by atoms with E-state index in [2.05, 4.69) is 41.1 Å². The van der Waals surface area contributed by atoms with E-state index in [0.29, 0.717) is 13.2 Å². The zero-order valence-corrected chi connectivity index (χ0v) is 31.0. The number of benzene rings is 3. The summed E-state index contributed by atoms with van der Waals surface area (Å²) in [7, 11) is 3.45. The largest absolute Gasteiger partial charge is 0.391 e. The first-order valence-corrected chi connectivity index (χ1v) is 18.6. The number of aliphatic hydroxyl groups excluding tert-OH is 1. The molecule has 3 nitrogen and oxygen atoms in total. The Morgan fingerprint density at radius 2 is 0.851 bits per heavy atom. The Bertz CT molecular complexity index is 1710. The summed E-state index contributed by atoms with van der Waals surface area (Å²) in [5.74, 6) is 0. The molecule has 6 rings (SSSR count). The van der Waals surface area contributed by atoms with E-state index in [1.165, 1.54) is 43.1 Å². The number of aliphatic hydroxyl groups is 1. The second-order valence-electron chi connectivity index (χ2n) is 10.6. The van der Waals surface area contributed by atoms with Gasteiger partial charge in [-0.15, -0.1) is 34.0 Å². The molecule has 3 heterocycles. The van der Waals surface area contributed by atoms with Crippen molar-refractivity contribution in [2.24, 2.45) is 0 Å². The molecular formula is C38H37Cl3O3S3. The van der Waals surface area contributed by atoms with Crippen LogP contribution in [0.1, 0.15) is 48.0 Å². The van der Waals surface area contributed by atoms with Crippen LogP contribution in [0.15, 0.2) is 107 Å². The maximum atomic E-state index is 9.12.